The fourth-order valence-electron chi connectivity index (χ4n) is 5.44. The van der Waals surface area contributed by atoms with Gasteiger partial charge < -0.3 is 15.1 Å². The van der Waals surface area contributed by atoms with E-state index in [9.17, 15) is 41.4 Å². The number of anilines is 1. The van der Waals surface area contributed by atoms with Gasteiger partial charge in [0.15, 0.2) is 0 Å². The predicted molar refractivity (Wildman–Crippen MR) is 144 cm³/mol. The molecule has 2 atom stereocenters. The van der Waals surface area contributed by atoms with E-state index in [1.54, 1.807) is 35.2 Å². The molecule has 2 heterocycles. The Morgan fingerprint density at radius 2 is 1.64 bits per heavy atom. The monoisotopic (exact) mass is 607 g/mol. The second kappa shape index (κ2) is 11.0. The molecule has 0 bridgehead atoms. The maximum atomic E-state index is 14.1. The zero-order valence-electron chi connectivity index (χ0n) is 22.2. The minimum absolute atomic E-state index is 0.0174. The van der Waals surface area contributed by atoms with E-state index in [0.29, 0.717) is 11.3 Å². The van der Waals surface area contributed by atoms with Gasteiger partial charge in [-0.1, -0.05) is 30.3 Å². The summed E-state index contributed by atoms with van der Waals surface area (Å²) in [6, 6.07) is 13.4. The van der Waals surface area contributed by atoms with Crippen LogP contribution in [-0.2, 0) is 27.7 Å². The van der Waals surface area contributed by atoms with Gasteiger partial charge in [-0.2, -0.15) is 35.3 Å². The number of piperazine rings is 1. The lowest BCUT2D eigenvalue weighted by atomic mass is 10.1. The van der Waals surface area contributed by atoms with Crippen molar-refractivity contribution in [2.45, 2.75) is 30.6 Å². The van der Waals surface area contributed by atoms with Crippen LogP contribution in [0.4, 0.5) is 18.9 Å². The number of carbonyl (C=O) groups is 2. The standard InChI is InChI=1S/C27H28F3N5O6S/c28-27(29,30)21-6-8-22(9-7-21)32-10-13-34(14-11-32)42(40,41)35(15-12-33-18-20(17-31-33)24(36)37)26(25(38)39)16-23(26)19-4-2-1-3-5-19/h1-9,17-18,23H,10-16H2,(H,36,37)(H,38,39)/t23-,26-/m1/s1. The molecule has 0 radical (unpaired) electrons. The lowest BCUT2D eigenvalue weighted by Gasteiger charge is -2.39. The summed E-state index contributed by atoms with van der Waals surface area (Å²) in [4.78, 5) is 25.8. The third-order valence-electron chi connectivity index (χ3n) is 7.76. The van der Waals surface area contributed by atoms with E-state index in [-0.39, 0.29) is 51.3 Å². The number of aliphatic carboxylic acids is 1. The maximum Gasteiger partial charge on any atom is 0.416 e. The lowest BCUT2D eigenvalue weighted by molar-refractivity contribution is -0.143. The fraction of sp³-hybridized carbons (Fsp3) is 0.370. The van der Waals surface area contributed by atoms with Gasteiger partial charge in [0.1, 0.15) is 5.54 Å². The number of nitrogens with zero attached hydrogens (tertiary/aromatic N) is 5. The maximum absolute atomic E-state index is 14.1. The highest BCUT2D eigenvalue weighted by atomic mass is 32.2. The number of alkyl halides is 3. The molecular weight excluding hydrogens is 579 g/mol. The van der Waals surface area contributed by atoms with E-state index >= 15 is 0 Å². The molecule has 0 amide bonds. The molecule has 11 nitrogen and oxygen atoms in total. The smallest absolute Gasteiger partial charge is 0.416 e. The molecule has 3 aromatic rings. The Morgan fingerprint density at radius 1 is 1.00 bits per heavy atom. The van der Waals surface area contributed by atoms with Crippen LogP contribution >= 0.6 is 0 Å². The molecule has 5 rings (SSSR count). The Kier molecular flexibility index (Phi) is 7.76. The van der Waals surface area contributed by atoms with E-state index < -0.39 is 45.3 Å². The molecule has 1 aliphatic heterocycles. The van der Waals surface area contributed by atoms with Crippen molar-refractivity contribution in [2.75, 3.05) is 37.6 Å². The van der Waals surface area contributed by atoms with Crippen molar-refractivity contribution in [3.05, 3.63) is 83.7 Å². The van der Waals surface area contributed by atoms with Gasteiger partial charge in [0.05, 0.1) is 23.9 Å². The quantitative estimate of drug-likeness (QED) is 0.359. The number of hydrogen-bond donors (Lipinski definition) is 2. The van der Waals surface area contributed by atoms with Gasteiger partial charge >= 0.3 is 18.1 Å². The molecular formula is C27H28F3N5O6S. The Balaban J connectivity index is 1.39. The number of hydrogen-bond acceptors (Lipinski definition) is 6. The predicted octanol–water partition coefficient (Wildman–Crippen LogP) is 2.98. The molecule has 1 saturated carbocycles. The number of carboxylic acid groups (broad SMARTS) is 2. The first kappa shape index (κ1) is 29.5. The van der Waals surface area contributed by atoms with Gasteiger partial charge in [0.2, 0.25) is 0 Å². The molecule has 224 valence electrons. The fourth-order valence-corrected chi connectivity index (χ4v) is 7.35. The first-order valence-electron chi connectivity index (χ1n) is 13.1. The van der Waals surface area contributed by atoms with Crippen LogP contribution in [-0.4, -0.2) is 87.2 Å². The van der Waals surface area contributed by atoms with Crippen LogP contribution in [0.3, 0.4) is 0 Å². The normalized spacial score (nSPS) is 21.4. The van der Waals surface area contributed by atoms with Gasteiger partial charge in [0, 0.05) is 50.5 Å². The molecule has 2 aromatic carbocycles. The molecule has 2 fully saturated rings. The van der Waals surface area contributed by atoms with Crippen LogP contribution in [0.5, 0.6) is 0 Å². The molecule has 1 aliphatic carbocycles. The average Bonchev–Trinajstić information content (AvgIpc) is 3.53. The number of benzene rings is 2. The first-order valence-corrected chi connectivity index (χ1v) is 14.5. The molecule has 42 heavy (non-hydrogen) atoms. The largest absolute Gasteiger partial charge is 0.480 e. The van der Waals surface area contributed by atoms with Crippen LogP contribution in [0.15, 0.2) is 67.0 Å². The second-order valence-corrected chi connectivity index (χ2v) is 12.1. The zero-order valence-corrected chi connectivity index (χ0v) is 23.0. The molecule has 15 heteroatoms. The van der Waals surface area contributed by atoms with Crippen molar-refractivity contribution in [2.24, 2.45) is 0 Å². The Morgan fingerprint density at radius 3 is 2.19 bits per heavy atom. The first-order chi connectivity index (χ1) is 19.8. The molecule has 1 aromatic heterocycles. The van der Waals surface area contributed by atoms with Crippen molar-refractivity contribution >= 4 is 27.8 Å². The number of aromatic nitrogens is 2. The van der Waals surface area contributed by atoms with Gasteiger partial charge in [-0.25, -0.2) is 4.79 Å². The van der Waals surface area contributed by atoms with Crippen LogP contribution in [0, 0.1) is 0 Å². The number of aromatic carboxylic acids is 1. The van der Waals surface area contributed by atoms with Crippen molar-refractivity contribution < 1.29 is 41.4 Å². The van der Waals surface area contributed by atoms with E-state index in [4.69, 9.17) is 0 Å². The summed E-state index contributed by atoms with van der Waals surface area (Å²) in [5, 5.41) is 23.6. The van der Waals surface area contributed by atoms with E-state index in [0.717, 1.165) is 22.6 Å². The van der Waals surface area contributed by atoms with E-state index in [1.807, 2.05) is 0 Å². The molecule has 1 saturated heterocycles. The van der Waals surface area contributed by atoms with Crippen LogP contribution in [0.1, 0.15) is 33.8 Å². The van der Waals surface area contributed by atoms with Crippen molar-refractivity contribution in [1.82, 2.24) is 18.4 Å². The van der Waals surface area contributed by atoms with E-state index in [2.05, 4.69) is 5.10 Å². The highest BCUT2D eigenvalue weighted by Crippen LogP contribution is 2.57. The summed E-state index contributed by atoms with van der Waals surface area (Å²) in [5.74, 6) is -3.10. The van der Waals surface area contributed by atoms with Gasteiger partial charge in [-0.05, 0) is 36.2 Å². The van der Waals surface area contributed by atoms with Crippen LogP contribution in [0.2, 0.25) is 0 Å². The van der Waals surface area contributed by atoms with E-state index in [1.165, 1.54) is 27.3 Å². The summed E-state index contributed by atoms with van der Waals surface area (Å²) in [5.41, 5.74) is -1.44. The zero-order chi connectivity index (χ0) is 30.3. The summed E-state index contributed by atoms with van der Waals surface area (Å²) >= 11 is 0. The van der Waals surface area contributed by atoms with Crippen LogP contribution in [0.25, 0.3) is 0 Å². The molecule has 2 N–H and O–H groups in total. The lowest BCUT2D eigenvalue weighted by Crippen LogP contribution is -2.58. The third-order valence-corrected chi connectivity index (χ3v) is 9.85. The van der Waals surface area contributed by atoms with Crippen LogP contribution < -0.4 is 4.90 Å². The minimum Gasteiger partial charge on any atom is -0.480 e. The average molecular weight is 608 g/mol. The summed E-state index contributed by atoms with van der Waals surface area (Å²) < 4.78 is 70.5. The Bertz CT molecular complexity index is 1560. The molecule has 0 spiro atoms. The molecule has 0 unspecified atom stereocenters. The number of carboxylic acids is 2. The minimum atomic E-state index is -4.47. The van der Waals surface area contributed by atoms with Gasteiger partial charge in [0.25, 0.3) is 10.2 Å². The topological polar surface area (TPSA) is 136 Å². The second-order valence-electron chi connectivity index (χ2n) is 10.2. The Hall–Kier alpha value is -3.95. The third kappa shape index (κ3) is 5.58. The van der Waals surface area contributed by atoms with Crippen molar-refractivity contribution in [3.8, 4) is 0 Å². The summed E-state index contributed by atoms with van der Waals surface area (Å²) in [6.07, 6.45) is -2.05. The highest BCUT2D eigenvalue weighted by Gasteiger charge is 2.68. The SMILES string of the molecule is O=C(O)c1cnn(CCN([C@]2(C(=O)O)C[C@@H]2c2ccccc2)S(=O)(=O)N2CCN(c3ccc(C(F)(F)F)cc3)CC2)c1. The summed E-state index contributed by atoms with van der Waals surface area (Å²) in [7, 11) is -4.36. The number of halogens is 3. The highest BCUT2D eigenvalue weighted by molar-refractivity contribution is 7.86. The Labute approximate surface area is 239 Å². The van der Waals surface area contributed by atoms with Crippen molar-refractivity contribution in [3.63, 3.8) is 0 Å². The number of rotatable bonds is 10. The van der Waals surface area contributed by atoms with Crippen molar-refractivity contribution in [1.29, 1.82) is 0 Å². The summed E-state index contributed by atoms with van der Waals surface area (Å²) in [6.45, 7) is -0.0388. The van der Waals surface area contributed by atoms with Gasteiger partial charge in [-0.15, -0.1) is 0 Å². The molecule has 2 aliphatic rings. The van der Waals surface area contributed by atoms with Gasteiger partial charge in [-0.3, -0.25) is 9.48 Å².